The number of ether oxygens (including phenoxy) is 4. The number of benzene rings is 2. The summed E-state index contributed by atoms with van der Waals surface area (Å²) in [6, 6.07) is 11.6. The lowest BCUT2D eigenvalue weighted by molar-refractivity contribution is -0.165. The summed E-state index contributed by atoms with van der Waals surface area (Å²) in [4.78, 5) is 36.7. The molecule has 1 aliphatic rings. The summed E-state index contributed by atoms with van der Waals surface area (Å²) < 4.78 is 21.2. The molecule has 0 aromatic heterocycles. The van der Waals surface area contributed by atoms with Crippen LogP contribution in [0.25, 0.3) is 0 Å². The number of carbonyl (C=O) groups excluding carboxylic acids is 3. The Labute approximate surface area is 173 Å². The van der Waals surface area contributed by atoms with Gasteiger partial charge in [0.05, 0.1) is 19.4 Å². The number of fused-ring (bicyclic) bond motifs is 1. The van der Waals surface area contributed by atoms with Crippen molar-refractivity contribution < 1.29 is 33.3 Å². The summed E-state index contributed by atoms with van der Waals surface area (Å²) >= 11 is 0. The van der Waals surface area contributed by atoms with Crippen LogP contribution in [-0.4, -0.2) is 43.7 Å². The molecule has 30 heavy (non-hydrogen) atoms. The number of esters is 1. The second-order valence-electron chi connectivity index (χ2n) is 6.51. The smallest absolute Gasteiger partial charge is 0.360 e. The summed E-state index contributed by atoms with van der Waals surface area (Å²) in [5.41, 5.74) is -1.03. The van der Waals surface area contributed by atoms with Gasteiger partial charge in [-0.15, -0.1) is 0 Å². The maximum absolute atomic E-state index is 12.3. The van der Waals surface area contributed by atoms with Gasteiger partial charge in [0.15, 0.2) is 18.1 Å². The van der Waals surface area contributed by atoms with Crippen molar-refractivity contribution in [2.75, 3.05) is 31.0 Å². The molecule has 2 aromatic rings. The van der Waals surface area contributed by atoms with Crippen LogP contribution in [0.15, 0.2) is 42.5 Å². The standard InChI is InChI=1S/C21H22N2O7/c1-4-28-20(26)21(2)19(25)23-14-10-9-13(11-17(14)30-21)22-18(24)12-29-16-8-6-5-7-15(16)27-3/h5-11H,4,12H2,1-3H3,(H,22,24)(H,23,25)/t21-/m0/s1. The van der Waals surface area contributed by atoms with Crippen molar-refractivity contribution in [2.45, 2.75) is 19.4 Å². The van der Waals surface area contributed by atoms with Crippen molar-refractivity contribution >= 4 is 29.2 Å². The molecule has 0 saturated carbocycles. The highest BCUT2D eigenvalue weighted by Gasteiger charge is 2.48. The number of nitrogens with one attached hydrogen (secondary N) is 2. The van der Waals surface area contributed by atoms with Gasteiger partial charge in [0.2, 0.25) is 0 Å². The molecule has 0 radical (unpaired) electrons. The van der Waals surface area contributed by atoms with Crippen LogP contribution >= 0.6 is 0 Å². The summed E-state index contributed by atoms with van der Waals surface area (Å²) in [6.45, 7) is 2.84. The van der Waals surface area contributed by atoms with E-state index in [1.807, 2.05) is 0 Å². The monoisotopic (exact) mass is 414 g/mol. The van der Waals surface area contributed by atoms with Gasteiger partial charge in [-0.05, 0) is 38.1 Å². The lowest BCUT2D eigenvalue weighted by atomic mass is 10.0. The van der Waals surface area contributed by atoms with Crippen LogP contribution in [0.1, 0.15) is 13.8 Å². The van der Waals surface area contributed by atoms with Crippen LogP contribution in [0.5, 0.6) is 17.2 Å². The Morgan fingerprint density at radius 1 is 1.17 bits per heavy atom. The van der Waals surface area contributed by atoms with Crippen molar-refractivity contribution in [3.05, 3.63) is 42.5 Å². The number of hydrogen-bond donors (Lipinski definition) is 2. The molecule has 1 heterocycles. The van der Waals surface area contributed by atoms with Crippen LogP contribution in [0.3, 0.4) is 0 Å². The van der Waals surface area contributed by atoms with E-state index in [0.29, 0.717) is 22.9 Å². The predicted molar refractivity (Wildman–Crippen MR) is 108 cm³/mol. The van der Waals surface area contributed by atoms with Gasteiger partial charge in [0.1, 0.15) is 5.75 Å². The first-order valence-corrected chi connectivity index (χ1v) is 9.24. The van der Waals surface area contributed by atoms with E-state index in [1.165, 1.54) is 20.1 Å². The van der Waals surface area contributed by atoms with E-state index < -0.39 is 23.4 Å². The molecule has 0 aliphatic carbocycles. The van der Waals surface area contributed by atoms with Gasteiger partial charge in [-0.3, -0.25) is 9.59 Å². The minimum atomic E-state index is -1.82. The zero-order chi connectivity index (χ0) is 21.7. The molecular weight excluding hydrogens is 392 g/mol. The van der Waals surface area contributed by atoms with Gasteiger partial charge in [0, 0.05) is 11.8 Å². The third-order valence-electron chi connectivity index (χ3n) is 4.35. The molecule has 1 aliphatic heterocycles. The number of para-hydroxylation sites is 2. The average molecular weight is 414 g/mol. The van der Waals surface area contributed by atoms with Gasteiger partial charge < -0.3 is 29.6 Å². The first-order chi connectivity index (χ1) is 14.4. The minimum Gasteiger partial charge on any atom is -0.493 e. The van der Waals surface area contributed by atoms with E-state index in [4.69, 9.17) is 18.9 Å². The third kappa shape index (κ3) is 4.29. The Balaban J connectivity index is 1.68. The van der Waals surface area contributed by atoms with Crippen LogP contribution in [0.2, 0.25) is 0 Å². The van der Waals surface area contributed by atoms with Crippen LogP contribution in [0.4, 0.5) is 11.4 Å². The van der Waals surface area contributed by atoms with Crippen molar-refractivity contribution in [1.29, 1.82) is 0 Å². The molecule has 0 fully saturated rings. The van der Waals surface area contributed by atoms with E-state index in [0.717, 1.165) is 0 Å². The number of amides is 2. The fraction of sp³-hybridized carbons (Fsp3) is 0.286. The number of methoxy groups -OCH3 is 1. The Kier molecular flexibility index (Phi) is 6.10. The molecule has 158 valence electrons. The fourth-order valence-electron chi connectivity index (χ4n) is 2.78. The van der Waals surface area contributed by atoms with Crippen molar-refractivity contribution in [1.82, 2.24) is 0 Å². The lowest BCUT2D eigenvalue weighted by Crippen LogP contribution is -2.55. The topological polar surface area (TPSA) is 112 Å². The second-order valence-corrected chi connectivity index (χ2v) is 6.51. The maximum atomic E-state index is 12.3. The van der Waals surface area contributed by atoms with Crippen molar-refractivity contribution in [2.24, 2.45) is 0 Å². The van der Waals surface area contributed by atoms with Crippen molar-refractivity contribution in [3.63, 3.8) is 0 Å². The average Bonchev–Trinajstić information content (AvgIpc) is 2.73. The first-order valence-electron chi connectivity index (χ1n) is 9.24. The molecular formula is C21H22N2O7. The molecule has 0 bridgehead atoms. The Morgan fingerprint density at radius 3 is 2.60 bits per heavy atom. The number of carbonyl (C=O) groups is 3. The molecule has 9 nitrogen and oxygen atoms in total. The zero-order valence-electron chi connectivity index (χ0n) is 16.8. The lowest BCUT2D eigenvalue weighted by Gasteiger charge is -2.32. The van der Waals surface area contributed by atoms with E-state index in [-0.39, 0.29) is 19.0 Å². The zero-order valence-corrected chi connectivity index (χ0v) is 16.8. The molecule has 2 N–H and O–H groups in total. The largest absolute Gasteiger partial charge is 0.493 e. The SMILES string of the molecule is CCOC(=O)[C@@]1(C)Oc2cc(NC(=O)COc3ccccc3OC)ccc2NC1=O. The van der Waals surface area contributed by atoms with E-state index in [2.05, 4.69) is 10.6 Å². The minimum absolute atomic E-state index is 0.111. The van der Waals surface area contributed by atoms with E-state index in [1.54, 1.807) is 43.3 Å². The van der Waals surface area contributed by atoms with Gasteiger partial charge in [-0.2, -0.15) is 0 Å². The first kappa shape index (κ1) is 21.0. The molecule has 9 heteroatoms. The van der Waals surface area contributed by atoms with Crippen LogP contribution < -0.4 is 24.8 Å². The Bertz CT molecular complexity index is 976. The van der Waals surface area contributed by atoms with Gasteiger partial charge in [-0.1, -0.05) is 12.1 Å². The molecule has 2 amide bonds. The fourth-order valence-corrected chi connectivity index (χ4v) is 2.78. The summed E-state index contributed by atoms with van der Waals surface area (Å²) in [7, 11) is 1.51. The predicted octanol–water partition coefficient (Wildman–Crippen LogP) is 2.37. The molecule has 2 aromatic carbocycles. The Morgan fingerprint density at radius 2 is 1.90 bits per heavy atom. The summed E-state index contributed by atoms with van der Waals surface area (Å²) in [5.74, 6) is -0.649. The number of anilines is 2. The molecule has 0 spiro atoms. The van der Waals surface area contributed by atoms with Crippen molar-refractivity contribution in [3.8, 4) is 17.2 Å². The normalized spacial score (nSPS) is 17.1. The maximum Gasteiger partial charge on any atom is 0.360 e. The number of hydrogen-bond acceptors (Lipinski definition) is 7. The Hall–Kier alpha value is -3.75. The molecule has 3 rings (SSSR count). The quantitative estimate of drug-likeness (QED) is 0.528. The van der Waals surface area contributed by atoms with Gasteiger partial charge in [0.25, 0.3) is 17.4 Å². The highest BCUT2D eigenvalue weighted by atomic mass is 16.6. The van der Waals surface area contributed by atoms with E-state index >= 15 is 0 Å². The van der Waals surface area contributed by atoms with Gasteiger partial charge in [-0.25, -0.2) is 4.79 Å². The summed E-state index contributed by atoms with van der Waals surface area (Å²) in [6.07, 6.45) is 0. The van der Waals surface area contributed by atoms with Gasteiger partial charge >= 0.3 is 5.97 Å². The van der Waals surface area contributed by atoms with E-state index in [9.17, 15) is 14.4 Å². The number of rotatable bonds is 7. The highest BCUT2D eigenvalue weighted by molar-refractivity contribution is 6.14. The molecule has 0 saturated heterocycles. The molecule has 0 unspecified atom stereocenters. The highest BCUT2D eigenvalue weighted by Crippen LogP contribution is 2.36. The van der Waals surface area contributed by atoms with Crippen LogP contribution in [-0.2, 0) is 19.1 Å². The van der Waals surface area contributed by atoms with Crippen LogP contribution in [0, 0.1) is 0 Å². The summed E-state index contributed by atoms with van der Waals surface area (Å²) in [5, 5.41) is 5.29. The second kappa shape index (κ2) is 8.73. The third-order valence-corrected chi connectivity index (χ3v) is 4.35. The molecule has 1 atom stereocenters.